The number of aliphatic carboxylic acids is 1. The van der Waals surface area contributed by atoms with E-state index < -0.39 is 24.0 Å². The quantitative estimate of drug-likeness (QED) is 0.0339. The minimum Gasteiger partial charge on any atom is -0.481 e. The van der Waals surface area contributed by atoms with Gasteiger partial charge in [0.2, 0.25) is 0 Å². The molecule has 11 nitrogen and oxygen atoms in total. The minimum atomic E-state index is -1.07. The third-order valence-electron chi connectivity index (χ3n) is 11.9. The van der Waals surface area contributed by atoms with E-state index in [0.29, 0.717) is 39.3 Å². The van der Waals surface area contributed by atoms with Gasteiger partial charge in [0.25, 0.3) is 0 Å². The maximum absolute atomic E-state index is 12.1. The molecule has 64 heavy (non-hydrogen) atoms. The largest absolute Gasteiger partial charge is 0.481 e. The third kappa shape index (κ3) is 50.3. The zero-order chi connectivity index (χ0) is 46.8. The normalized spacial score (nSPS) is 11.7. The molecule has 0 saturated carbocycles. The average Bonchev–Trinajstić information content (AvgIpc) is 3.26. The summed E-state index contributed by atoms with van der Waals surface area (Å²) in [4.78, 5) is 58.6. The van der Waals surface area contributed by atoms with E-state index in [1.807, 2.05) is 0 Å². The molecule has 0 rings (SSSR count). The van der Waals surface area contributed by atoms with Crippen LogP contribution in [0.25, 0.3) is 0 Å². The van der Waals surface area contributed by atoms with Crippen molar-refractivity contribution in [3.8, 4) is 0 Å². The summed E-state index contributed by atoms with van der Waals surface area (Å²) in [6.45, 7) is 3.98. The fraction of sp³-hybridized carbons (Fsp3) is 0.906. The van der Waals surface area contributed by atoms with Crippen molar-refractivity contribution in [3.05, 3.63) is 0 Å². The number of hydrogen-bond donors (Lipinski definition) is 2. The molecule has 2 N–H and O–H groups in total. The van der Waals surface area contributed by atoms with Crippen LogP contribution in [0.15, 0.2) is 0 Å². The maximum atomic E-state index is 12.1. The highest BCUT2D eigenvalue weighted by Gasteiger charge is 2.17. The van der Waals surface area contributed by atoms with E-state index in [0.717, 1.165) is 154 Å². The molecule has 0 aliphatic rings. The summed E-state index contributed by atoms with van der Waals surface area (Å²) in [5, 5.41) is 18.7. The predicted molar refractivity (Wildman–Crippen MR) is 257 cm³/mol. The lowest BCUT2D eigenvalue weighted by Gasteiger charge is -2.10. The van der Waals surface area contributed by atoms with Gasteiger partial charge in [-0.1, -0.05) is 200 Å². The summed E-state index contributed by atoms with van der Waals surface area (Å²) in [6.07, 6.45) is 40.9. The van der Waals surface area contributed by atoms with Gasteiger partial charge in [0.05, 0.1) is 45.4 Å². The van der Waals surface area contributed by atoms with Crippen molar-refractivity contribution in [3.63, 3.8) is 0 Å². The summed E-state index contributed by atoms with van der Waals surface area (Å²) in [7, 11) is 0. The molecule has 0 aromatic carbocycles. The number of ether oxygens (including phenoxy) is 4. The van der Waals surface area contributed by atoms with Gasteiger partial charge in [0, 0.05) is 19.3 Å². The van der Waals surface area contributed by atoms with E-state index in [1.165, 1.54) is 83.5 Å². The van der Waals surface area contributed by atoms with E-state index in [1.54, 1.807) is 0 Å². The molecule has 0 radical (unpaired) electrons. The number of carbonyl (C=O) groups excluding carboxylic acids is 4. The van der Waals surface area contributed by atoms with Crippen molar-refractivity contribution in [1.29, 1.82) is 0 Å². The van der Waals surface area contributed by atoms with Gasteiger partial charge in [-0.25, -0.2) is 0 Å². The molecular weight excluding hydrogens is 813 g/mol. The number of carboxylic acids is 1. The smallest absolute Gasteiger partial charge is 0.308 e. The molecule has 11 heteroatoms. The summed E-state index contributed by atoms with van der Waals surface area (Å²) >= 11 is 0. The number of unbranched alkanes of at least 4 members (excludes halogenated alkanes) is 33. The van der Waals surface area contributed by atoms with Crippen molar-refractivity contribution in [2.24, 2.45) is 0 Å². The molecule has 0 amide bonds. The van der Waals surface area contributed by atoms with E-state index in [4.69, 9.17) is 24.1 Å². The van der Waals surface area contributed by atoms with Crippen LogP contribution < -0.4 is 0 Å². The standard InChI is InChI=1S/C53H98O11/c1-2-3-4-5-6-7-14-23-30-37-44-63-52(59)46-48(54)47-53(60)64-45-38-31-24-17-10-13-20-27-34-41-51(58)62-43-36-29-22-16-9-12-19-26-33-40-50(57)61-42-35-28-21-15-8-11-18-25-32-39-49(55)56/h48,54H,2-47H2,1H3,(H,55,56). The Kier molecular flexibility index (Phi) is 47.6. The van der Waals surface area contributed by atoms with Crippen LogP contribution in [0.4, 0.5) is 0 Å². The number of aliphatic hydroxyl groups excluding tert-OH is 1. The van der Waals surface area contributed by atoms with Crippen molar-refractivity contribution in [2.45, 2.75) is 283 Å². The zero-order valence-electron chi connectivity index (χ0n) is 41.2. The van der Waals surface area contributed by atoms with Crippen molar-refractivity contribution in [2.75, 3.05) is 26.4 Å². The lowest BCUT2D eigenvalue weighted by molar-refractivity contribution is -0.150. The van der Waals surface area contributed by atoms with Gasteiger partial charge < -0.3 is 29.2 Å². The van der Waals surface area contributed by atoms with Gasteiger partial charge in [-0.05, 0) is 44.9 Å². The molecular formula is C53H98O11. The first-order chi connectivity index (χ1) is 31.2. The second-order valence-corrected chi connectivity index (χ2v) is 18.3. The second kappa shape index (κ2) is 49.7. The van der Waals surface area contributed by atoms with Gasteiger partial charge in [-0.2, -0.15) is 0 Å². The van der Waals surface area contributed by atoms with Gasteiger partial charge >= 0.3 is 29.8 Å². The number of carbonyl (C=O) groups is 5. The molecule has 0 bridgehead atoms. The number of rotatable bonds is 51. The molecule has 0 aliphatic heterocycles. The van der Waals surface area contributed by atoms with Gasteiger partial charge in [-0.15, -0.1) is 0 Å². The highest BCUT2D eigenvalue weighted by molar-refractivity contribution is 5.73. The Balaban J connectivity index is 3.38. The Morgan fingerprint density at radius 3 is 0.797 bits per heavy atom. The van der Waals surface area contributed by atoms with Crippen LogP contribution in [-0.2, 0) is 42.9 Å². The van der Waals surface area contributed by atoms with Gasteiger partial charge in [0.15, 0.2) is 0 Å². The number of carboxylic acid groups (broad SMARTS) is 1. The van der Waals surface area contributed by atoms with Crippen LogP contribution in [0.5, 0.6) is 0 Å². The SMILES string of the molecule is CCCCCCCCCCCCOC(=O)CC(O)CC(=O)OCCCCCCCCCCCC(=O)OCCCCCCCCCCCC(=O)OCCCCCCCCCCCC(=O)O. The zero-order valence-corrected chi connectivity index (χ0v) is 41.2. The Bertz CT molecular complexity index is 1080. The van der Waals surface area contributed by atoms with Crippen molar-refractivity contribution < 1.29 is 53.1 Å². The van der Waals surface area contributed by atoms with Crippen LogP contribution in [0, 0.1) is 0 Å². The Labute approximate surface area is 391 Å². The van der Waals surface area contributed by atoms with Crippen LogP contribution in [0.3, 0.4) is 0 Å². The molecule has 0 fully saturated rings. The number of esters is 4. The van der Waals surface area contributed by atoms with E-state index in [-0.39, 0.29) is 31.2 Å². The predicted octanol–water partition coefficient (Wildman–Crippen LogP) is 14.0. The van der Waals surface area contributed by atoms with Gasteiger partial charge in [-0.3, -0.25) is 24.0 Å². The van der Waals surface area contributed by atoms with Gasteiger partial charge in [0.1, 0.15) is 0 Å². The monoisotopic (exact) mass is 911 g/mol. The summed E-state index contributed by atoms with van der Waals surface area (Å²) < 4.78 is 21.3. The first-order valence-electron chi connectivity index (χ1n) is 26.8. The average molecular weight is 911 g/mol. The molecule has 0 saturated heterocycles. The topological polar surface area (TPSA) is 163 Å². The molecule has 376 valence electrons. The fourth-order valence-electron chi connectivity index (χ4n) is 7.89. The maximum Gasteiger partial charge on any atom is 0.308 e. The highest BCUT2D eigenvalue weighted by atomic mass is 16.5. The molecule has 0 aliphatic carbocycles. The first kappa shape index (κ1) is 61.3. The van der Waals surface area contributed by atoms with Crippen LogP contribution >= 0.6 is 0 Å². The van der Waals surface area contributed by atoms with Crippen LogP contribution in [0.2, 0.25) is 0 Å². The Hall–Kier alpha value is -2.69. The summed E-state index contributed by atoms with van der Waals surface area (Å²) in [6, 6.07) is 0. The molecule has 0 aromatic heterocycles. The van der Waals surface area contributed by atoms with Crippen LogP contribution in [-0.4, -0.2) is 72.6 Å². The van der Waals surface area contributed by atoms with E-state index in [2.05, 4.69) is 6.92 Å². The number of hydrogen-bond acceptors (Lipinski definition) is 10. The summed E-state index contributed by atoms with van der Waals surface area (Å²) in [5.74, 6) is -1.80. The summed E-state index contributed by atoms with van der Waals surface area (Å²) in [5.41, 5.74) is 0. The lowest BCUT2D eigenvalue weighted by atomic mass is 10.1. The number of aliphatic hydroxyl groups is 1. The highest BCUT2D eigenvalue weighted by Crippen LogP contribution is 2.15. The van der Waals surface area contributed by atoms with E-state index in [9.17, 15) is 29.1 Å². The lowest BCUT2D eigenvalue weighted by Crippen LogP contribution is -2.21. The Morgan fingerprint density at radius 1 is 0.312 bits per heavy atom. The molecule has 1 unspecified atom stereocenters. The third-order valence-corrected chi connectivity index (χ3v) is 11.9. The van der Waals surface area contributed by atoms with Crippen LogP contribution in [0.1, 0.15) is 277 Å². The fourth-order valence-corrected chi connectivity index (χ4v) is 7.89. The minimum absolute atomic E-state index is 0.0693. The molecule has 0 spiro atoms. The first-order valence-corrected chi connectivity index (χ1v) is 26.8. The van der Waals surface area contributed by atoms with E-state index >= 15 is 0 Å². The second-order valence-electron chi connectivity index (χ2n) is 18.3. The molecule has 0 aromatic rings. The molecule has 0 heterocycles. The molecule has 1 atom stereocenters. The Morgan fingerprint density at radius 2 is 0.531 bits per heavy atom. The van der Waals surface area contributed by atoms with Crippen molar-refractivity contribution >= 4 is 29.8 Å². The van der Waals surface area contributed by atoms with Crippen molar-refractivity contribution in [1.82, 2.24) is 0 Å².